The molecule has 0 aliphatic carbocycles. The molecule has 1 saturated heterocycles. The Kier molecular flexibility index (Phi) is 4.25. The normalized spacial score (nSPS) is 18.4. The fourth-order valence-corrected chi connectivity index (χ4v) is 2.54. The molecular weight excluding hydrogens is 266 g/mol. The number of carbonyl (C=O) groups is 1. The fourth-order valence-electron chi connectivity index (χ4n) is 2.54. The van der Waals surface area contributed by atoms with Crippen LogP contribution in [0, 0.1) is 0 Å². The van der Waals surface area contributed by atoms with Crippen molar-refractivity contribution in [1.82, 2.24) is 25.4 Å². The van der Waals surface area contributed by atoms with E-state index >= 15 is 0 Å². The van der Waals surface area contributed by atoms with Crippen LogP contribution in [0.25, 0.3) is 5.69 Å². The van der Waals surface area contributed by atoms with Crippen molar-refractivity contribution in [2.24, 2.45) is 0 Å². The van der Waals surface area contributed by atoms with Gasteiger partial charge in [-0.25, -0.2) is 9.67 Å². The first-order chi connectivity index (χ1) is 10.3. The van der Waals surface area contributed by atoms with Crippen LogP contribution in [0.1, 0.15) is 24.8 Å². The zero-order chi connectivity index (χ0) is 14.5. The van der Waals surface area contributed by atoms with Crippen LogP contribution in [0.4, 0.5) is 0 Å². The molecule has 6 heteroatoms. The summed E-state index contributed by atoms with van der Waals surface area (Å²) >= 11 is 0. The summed E-state index contributed by atoms with van der Waals surface area (Å²) in [5.74, 6) is 0.0841. The summed E-state index contributed by atoms with van der Waals surface area (Å²) in [4.78, 5) is 16.0. The Bertz CT molecular complexity index is 590. The number of piperidine rings is 1. The van der Waals surface area contributed by atoms with Crippen molar-refractivity contribution in [2.45, 2.75) is 31.8 Å². The Balaban J connectivity index is 1.60. The molecule has 1 aromatic heterocycles. The maximum absolute atomic E-state index is 12.1. The fraction of sp³-hybridized carbons (Fsp3) is 0.400. The largest absolute Gasteiger partial charge is 0.351 e. The summed E-state index contributed by atoms with van der Waals surface area (Å²) in [7, 11) is 0. The number of hydrogen-bond donors (Lipinski definition) is 2. The smallest absolute Gasteiger partial charge is 0.237 e. The highest BCUT2D eigenvalue weighted by molar-refractivity contribution is 5.81. The second-order valence-corrected chi connectivity index (χ2v) is 5.23. The van der Waals surface area contributed by atoms with E-state index in [9.17, 15) is 4.79 Å². The van der Waals surface area contributed by atoms with E-state index in [1.165, 1.54) is 6.33 Å². The first-order valence-electron chi connectivity index (χ1n) is 7.28. The van der Waals surface area contributed by atoms with Gasteiger partial charge in [-0.3, -0.25) is 4.79 Å². The lowest BCUT2D eigenvalue weighted by molar-refractivity contribution is -0.123. The van der Waals surface area contributed by atoms with Gasteiger partial charge in [0.2, 0.25) is 5.91 Å². The topological polar surface area (TPSA) is 71.8 Å². The zero-order valence-corrected chi connectivity index (χ0v) is 11.8. The third-order valence-corrected chi connectivity index (χ3v) is 3.69. The van der Waals surface area contributed by atoms with Gasteiger partial charge in [-0.15, -0.1) is 0 Å². The van der Waals surface area contributed by atoms with Crippen molar-refractivity contribution >= 4 is 5.91 Å². The monoisotopic (exact) mass is 285 g/mol. The molecule has 0 spiro atoms. The third-order valence-electron chi connectivity index (χ3n) is 3.69. The maximum atomic E-state index is 12.1. The van der Waals surface area contributed by atoms with E-state index < -0.39 is 0 Å². The molecule has 110 valence electrons. The van der Waals surface area contributed by atoms with Crippen LogP contribution in [-0.2, 0) is 11.3 Å². The molecule has 1 amide bonds. The lowest BCUT2D eigenvalue weighted by Crippen LogP contribution is -2.46. The molecule has 2 heterocycles. The predicted molar refractivity (Wildman–Crippen MR) is 78.8 cm³/mol. The van der Waals surface area contributed by atoms with Gasteiger partial charge in [-0.2, -0.15) is 5.10 Å². The Labute approximate surface area is 123 Å². The average molecular weight is 285 g/mol. The number of nitrogens with one attached hydrogen (secondary N) is 2. The standard InChI is InChI=1S/C15H19N5O/c21-15(14-6-1-2-7-17-14)18-9-12-4-3-5-13(8-12)20-11-16-10-19-20/h3-5,8,10-11,14,17H,1-2,6-7,9H2,(H,18,21). The van der Waals surface area contributed by atoms with E-state index in [0.717, 1.165) is 37.1 Å². The second-order valence-electron chi connectivity index (χ2n) is 5.23. The SMILES string of the molecule is O=C(NCc1cccc(-n2cncn2)c1)C1CCCCN1. The highest BCUT2D eigenvalue weighted by Crippen LogP contribution is 2.10. The van der Waals surface area contributed by atoms with Gasteiger partial charge in [-0.05, 0) is 37.1 Å². The lowest BCUT2D eigenvalue weighted by Gasteiger charge is -2.22. The Morgan fingerprint density at radius 1 is 1.43 bits per heavy atom. The van der Waals surface area contributed by atoms with Crippen LogP contribution in [0.5, 0.6) is 0 Å². The van der Waals surface area contributed by atoms with E-state index in [0.29, 0.717) is 6.54 Å². The Morgan fingerprint density at radius 3 is 3.14 bits per heavy atom. The van der Waals surface area contributed by atoms with Gasteiger partial charge in [0, 0.05) is 6.54 Å². The van der Waals surface area contributed by atoms with Gasteiger partial charge in [0.1, 0.15) is 12.7 Å². The van der Waals surface area contributed by atoms with E-state index in [-0.39, 0.29) is 11.9 Å². The summed E-state index contributed by atoms with van der Waals surface area (Å²) in [6.45, 7) is 1.46. The van der Waals surface area contributed by atoms with Gasteiger partial charge < -0.3 is 10.6 Å². The predicted octanol–water partition coefficient (Wildman–Crippen LogP) is 1.03. The molecule has 6 nitrogen and oxygen atoms in total. The van der Waals surface area contributed by atoms with Crippen LogP contribution in [-0.4, -0.2) is 33.3 Å². The van der Waals surface area contributed by atoms with Crippen LogP contribution in [0.15, 0.2) is 36.9 Å². The number of carbonyl (C=O) groups excluding carboxylic acids is 1. The molecule has 0 radical (unpaired) electrons. The number of rotatable bonds is 4. The minimum Gasteiger partial charge on any atom is -0.351 e. The zero-order valence-electron chi connectivity index (χ0n) is 11.8. The molecule has 1 unspecified atom stereocenters. The molecule has 2 aromatic rings. The summed E-state index contributed by atoms with van der Waals surface area (Å²) in [6, 6.07) is 7.87. The molecule has 2 N–H and O–H groups in total. The molecule has 1 fully saturated rings. The Morgan fingerprint density at radius 2 is 2.38 bits per heavy atom. The number of amides is 1. The highest BCUT2D eigenvalue weighted by atomic mass is 16.2. The minimum absolute atomic E-state index is 0.0442. The quantitative estimate of drug-likeness (QED) is 0.880. The number of benzene rings is 1. The van der Waals surface area contributed by atoms with E-state index in [1.54, 1.807) is 11.0 Å². The van der Waals surface area contributed by atoms with E-state index in [1.807, 2.05) is 24.3 Å². The van der Waals surface area contributed by atoms with Crippen LogP contribution >= 0.6 is 0 Å². The molecule has 1 atom stereocenters. The van der Waals surface area contributed by atoms with Gasteiger partial charge in [-0.1, -0.05) is 18.6 Å². The molecule has 1 aliphatic rings. The molecule has 0 saturated carbocycles. The Hall–Kier alpha value is -2.21. The van der Waals surface area contributed by atoms with Crippen molar-refractivity contribution in [3.63, 3.8) is 0 Å². The summed E-state index contributed by atoms with van der Waals surface area (Å²) in [5, 5.41) is 10.4. The molecule has 1 aliphatic heterocycles. The molecule has 0 bridgehead atoms. The first kappa shape index (κ1) is 13.8. The summed E-state index contributed by atoms with van der Waals surface area (Å²) < 4.78 is 1.70. The van der Waals surface area contributed by atoms with Crippen molar-refractivity contribution in [2.75, 3.05) is 6.54 Å². The highest BCUT2D eigenvalue weighted by Gasteiger charge is 2.19. The van der Waals surface area contributed by atoms with E-state index in [2.05, 4.69) is 20.7 Å². The van der Waals surface area contributed by atoms with Crippen LogP contribution in [0.3, 0.4) is 0 Å². The number of aromatic nitrogens is 3. The molecular formula is C15H19N5O. The minimum atomic E-state index is -0.0442. The van der Waals surface area contributed by atoms with Gasteiger partial charge >= 0.3 is 0 Å². The lowest BCUT2D eigenvalue weighted by atomic mass is 10.0. The number of hydrogen-bond acceptors (Lipinski definition) is 4. The number of nitrogens with zero attached hydrogens (tertiary/aromatic N) is 3. The summed E-state index contributed by atoms with van der Waals surface area (Å²) in [5.41, 5.74) is 1.99. The van der Waals surface area contributed by atoms with Crippen molar-refractivity contribution < 1.29 is 4.79 Å². The van der Waals surface area contributed by atoms with Crippen molar-refractivity contribution in [1.29, 1.82) is 0 Å². The second kappa shape index (κ2) is 6.49. The molecule has 21 heavy (non-hydrogen) atoms. The van der Waals surface area contributed by atoms with Gasteiger partial charge in [0.15, 0.2) is 0 Å². The third kappa shape index (κ3) is 3.46. The van der Waals surface area contributed by atoms with Crippen LogP contribution < -0.4 is 10.6 Å². The van der Waals surface area contributed by atoms with Gasteiger partial charge in [0.05, 0.1) is 11.7 Å². The molecule has 1 aromatic carbocycles. The summed E-state index contributed by atoms with van der Waals surface area (Å²) in [6.07, 6.45) is 6.36. The molecule has 3 rings (SSSR count). The van der Waals surface area contributed by atoms with Crippen LogP contribution in [0.2, 0.25) is 0 Å². The van der Waals surface area contributed by atoms with Crippen molar-refractivity contribution in [3.05, 3.63) is 42.5 Å². The average Bonchev–Trinajstić information content (AvgIpc) is 3.08. The first-order valence-corrected chi connectivity index (χ1v) is 7.28. The van der Waals surface area contributed by atoms with Gasteiger partial charge in [0.25, 0.3) is 0 Å². The maximum Gasteiger partial charge on any atom is 0.237 e. The van der Waals surface area contributed by atoms with E-state index in [4.69, 9.17) is 0 Å². The van der Waals surface area contributed by atoms with Crippen molar-refractivity contribution in [3.8, 4) is 5.69 Å².